The van der Waals surface area contributed by atoms with Crippen LogP contribution in [0.15, 0.2) is 0 Å². The Hall–Kier alpha value is 0.254. The number of rotatable bonds is 13. The average molecular weight is 664 g/mol. The van der Waals surface area contributed by atoms with Crippen molar-refractivity contribution >= 4 is 41.6 Å². The second-order valence-corrected chi connectivity index (χ2v) is 39.0. The van der Waals surface area contributed by atoms with E-state index in [2.05, 4.69) is 104 Å². The summed E-state index contributed by atoms with van der Waals surface area (Å²) in [5.74, 6) is 0. The van der Waals surface area contributed by atoms with Gasteiger partial charge in [0.15, 0.2) is 53.5 Å². The molecule has 0 aromatic rings. The number of nitriles is 1. The molecule has 0 radical (unpaired) electrons. The first-order chi connectivity index (χ1) is 18.3. The maximum absolute atomic E-state index is 10.6. The molecule has 0 aromatic carbocycles. The molecule has 2 saturated heterocycles. The van der Waals surface area contributed by atoms with Crippen LogP contribution in [0, 0.1) is 11.3 Å². The molecule has 9 nitrogen and oxygen atoms in total. The number of nitrogens with zero attached hydrogens (tertiary/aromatic N) is 1. The monoisotopic (exact) mass is 663 g/mol. The Morgan fingerprint density at radius 1 is 0.659 bits per heavy atom. The van der Waals surface area contributed by atoms with Crippen molar-refractivity contribution in [3.8, 4) is 6.07 Å². The minimum absolute atomic E-state index is 0.135. The van der Waals surface area contributed by atoms with Crippen LogP contribution >= 0.6 is 0 Å². The molecule has 41 heavy (non-hydrogen) atoms. The maximum atomic E-state index is 10.6. The molecule has 0 aromatic heterocycles. The molecule has 9 atom stereocenters. The van der Waals surface area contributed by atoms with Crippen LogP contribution in [-0.4, -0.2) is 103 Å². The zero-order valence-corrected chi connectivity index (χ0v) is 33.2. The van der Waals surface area contributed by atoms with E-state index in [1.54, 1.807) is 0 Å². The van der Waals surface area contributed by atoms with Gasteiger partial charge in [0.05, 0.1) is 12.7 Å². The highest BCUT2D eigenvalue weighted by atomic mass is 28.4. The topological polar surface area (TPSA) is 101 Å². The zero-order chi connectivity index (χ0) is 31.4. The van der Waals surface area contributed by atoms with Crippen LogP contribution in [-0.2, 0) is 36.3 Å². The first kappa shape index (κ1) is 35.7. The van der Waals surface area contributed by atoms with E-state index in [4.69, 9.17) is 36.3 Å². The second kappa shape index (κ2) is 12.2. The van der Waals surface area contributed by atoms with E-state index < -0.39 is 71.8 Å². The van der Waals surface area contributed by atoms with Gasteiger partial charge in [-0.2, -0.15) is 5.26 Å². The fourth-order valence-electron chi connectivity index (χ4n) is 5.40. The number of fused-ring (bicyclic) bond motifs is 1. The molecule has 3 aliphatic rings. The lowest BCUT2D eigenvalue weighted by Gasteiger charge is -2.51. The Morgan fingerprint density at radius 3 is 1.61 bits per heavy atom. The average Bonchev–Trinajstić information content (AvgIpc) is 3.48. The summed E-state index contributed by atoms with van der Waals surface area (Å²) in [6.45, 7) is 32.8. The number of epoxide rings is 1. The van der Waals surface area contributed by atoms with Crippen LogP contribution in [0.3, 0.4) is 0 Å². The summed E-state index contributed by atoms with van der Waals surface area (Å²) in [5.41, 5.74) is -1.19. The summed E-state index contributed by atoms with van der Waals surface area (Å²) >= 11 is 0. The Labute approximate surface area is 254 Å². The molecule has 0 amide bonds. The van der Waals surface area contributed by atoms with Gasteiger partial charge in [-0.1, -0.05) is 0 Å². The molecular weight excluding hydrogens is 607 g/mol. The van der Waals surface area contributed by atoms with Crippen molar-refractivity contribution in [3.05, 3.63) is 0 Å². The first-order valence-electron chi connectivity index (χ1n) is 15.1. The molecule has 0 N–H and O–H groups in total. The predicted octanol–water partition coefficient (Wildman–Crippen LogP) is 5.89. The van der Waals surface area contributed by atoms with Crippen molar-refractivity contribution in [3.63, 3.8) is 0 Å². The lowest BCUT2D eigenvalue weighted by molar-refractivity contribution is -0.313. The quantitative estimate of drug-likeness (QED) is 0.176. The molecule has 3 fully saturated rings. The van der Waals surface area contributed by atoms with Crippen molar-refractivity contribution in [2.75, 3.05) is 6.61 Å². The largest absolute Gasteiger partial charge is 0.415 e. The lowest BCUT2D eigenvalue weighted by atomic mass is 9.98. The van der Waals surface area contributed by atoms with Crippen LogP contribution in [0.4, 0.5) is 0 Å². The molecule has 0 spiro atoms. The molecule has 0 bridgehead atoms. The molecule has 14 heteroatoms. The zero-order valence-electron chi connectivity index (χ0n) is 28.2. The summed E-state index contributed by atoms with van der Waals surface area (Å²) in [5, 5.41) is 10.6. The minimum Gasteiger partial charge on any atom is -0.415 e. The minimum atomic E-state index is -2.13. The number of ether oxygens (including phenoxy) is 3. The van der Waals surface area contributed by atoms with Gasteiger partial charge in [-0.25, -0.2) is 0 Å². The third-order valence-corrected chi connectivity index (χ3v) is 11.6. The molecule has 2 aliphatic heterocycles. The Balaban J connectivity index is 2.04. The van der Waals surface area contributed by atoms with Crippen molar-refractivity contribution in [2.45, 2.75) is 159 Å². The highest BCUT2D eigenvalue weighted by molar-refractivity contribution is 6.71. The van der Waals surface area contributed by atoms with E-state index in [-0.39, 0.29) is 24.4 Å². The van der Waals surface area contributed by atoms with E-state index >= 15 is 0 Å². The summed E-state index contributed by atoms with van der Waals surface area (Å²) in [6.07, 6.45) is -2.91. The molecule has 0 unspecified atom stereocenters. The van der Waals surface area contributed by atoms with Crippen LogP contribution in [0.2, 0.25) is 98.2 Å². The van der Waals surface area contributed by atoms with Gasteiger partial charge < -0.3 is 36.3 Å². The van der Waals surface area contributed by atoms with Gasteiger partial charge >= 0.3 is 0 Å². The Bertz CT molecular complexity index is 948. The molecule has 1 saturated carbocycles. The van der Waals surface area contributed by atoms with Crippen molar-refractivity contribution in [1.29, 1.82) is 5.26 Å². The first-order valence-corrected chi connectivity index (χ1v) is 32.1. The summed E-state index contributed by atoms with van der Waals surface area (Å²) in [7, 11) is -9.99. The summed E-state index contributed by atoms with van der Waals surface area (Å²) in [4.78, 5) is 0. The number of hydrogen-bond donors (Lipinski definition) is 0. The molecule has 1 aliphatic carbocycles. The van der Waals surface area contributed by atoms with Crippen molar-refractivity contribution < 1.29 is 36.3 Å². The molecular formula is C27H57NO8Si5. The predicted molar refractivity (Wildman–Crippen MR) is 174 cm³/mol. The second-order valence-electron chi connectivity index (χ2n) is 16.7. The number of hydrogen-bond acceptors (Lipinski definition) is 9. The standard InChI is InChI=1S/C27H57NO8Si5/c1-37(2,3)29-17-20-21(34-39(7,8)9)23(35-40(10,11)12)24(36-41(13,14)15)26(30-20)32-27(18-28)16-19(22-25(27)31-22)33-38(4,5)6/h19-26H,16-17H2,1-15H3/t19-,20+,21+,22-,23-,24+,25-,26-,27-/m0/s1. The van der Waals surface area contributed by atoms with E-state index in [1.165, 1.54) is 0 Å². The Morgan fingerprint density at radius 2 is 1.15 bits per heavy atom. The Kier molecular flexibility index (Phi) is 10.6. The van der Waals surface area contributed by atoms with Crippen LogP contribution in [0.25, 0.3) is 0 Å². The fourth-order valence-corrected chi connectivity index (χ4v) is 10.4. The lowest BCUT2D eigenvalue weighted by Crippen LogP contribution is -2.67. The fraction of sp³-hybridized carbons (Fsp3) is 0.963. The third-order valence-electron chi connectivity index (χ3n) is 6.62. The highest BCUT2D eigenvalue weighted by Crippen LogP contribution is 2.51. The molecule has 238 valence electrons. The normalized spacial score (nSPS) is 36.6. The van der Waals surface area contributed by atoms with E-state index in [0.29, 0.717) is 13.0 Å². The summed E-state index contributed by atoms with van der Waals surface area (Å²) < 4.78 is 53.1. The maximum Gasteiger partial charge on any atom is 0.188 e. The van der Waals surface area contributed by atoms with Gasteiger partial charge in [0.1, 0.15) is 42.7 Å². The van der Waals surface area contributed by atoms with Crippen LogP contribution < -0.4 is 0 Å². The highest BCUT2D eigenvalue weighted by Gasteiger charge is 2.69. The van der Waals surface area contributed by atoms with Gasteiger partial charge in [0.25, 0.3) is 0 Å². The molecule has 3 rings (SSSR count). The van der Waals surface area contributed by atoms with E-state index in [1.807, 2.05) is 0 Å². The third kappa shape index (κ3) is 10.4. The van der Waals surface area contributed by atoms with Gasteiger partial charge in [0.2, 0.25) is 0 Å². The van der Waals surface area contributed by atoms with Gasteiger partial charge in [-0.15, -0.1) is 0 Å². The van der Waals surface area contributed by atoms with E-state index in [0.717, 1.165) is 0 Å². The van der Waals surface area contributed by atoms with Gasteiger partial charge in [-0.05, 0) is 98.2 Å². The van der Waals surface area contributed by atoms with E-state index in [9.17, 15) is 5.26 Å². The summed E-state index contributed by atoms with van der Waals surface area (Å²) in [6, 6.07) is 2.48. The van der Waals surface area contributed by atoms with Gasteiger partial charge in [0, 0.05) is 6.42 Å². The van der Waals surface area contributed by atoms with Crippen molar-refractivity contribution in [1.82, 2.24) is 0 Å². The van der Waals surface area contributed by atoms with Crippen molar-refractivity contribution in [2.24, 2.45) is 0 Å². The smallest absolute Gasteiger partial charge is 0.188 e. The van der Waals surface area contributed by atoms with Crippen LogP contribution in [0.1, 0.15) is 6.42 Å². The SMILES string of the molecule is C[Si](C)(C)OC[C@H]1O[C@@H](O[C@]2(C#N)C[C@H](O[Si](C)(C)C)[C@@H]3O[C@@H]32)[C@H](O[Si](C)(C)C)[C@@H](O[Si](C)(C)C)[C@@H]1O[Si](C)(C)C. The van der Waals surface area contributed by atoms with Crippen LogP contribution in [0.5, 0.6) is 0 Å². The molecule has 2 heterocycles. The van der Waals surface area contributed by atoms with Gasteiger partial charge in [-0.3, -0.25) is 0 Å².